The van der Waals surface area contributed by atoms with Gasteiger partial charge in [-0.3, -0.25) is 4.79 Å². The lowest BCUT2D eigenvalue weighted by Crippen LogP contribution is -2.26. The zero-order valence-corrected chi connectivity index (χ0v) is 16.1. The molecular weight excluding hydrogens is 360 g/mol. The van der Waals surface area contributed by atoms with E-state index in [1.807, 2.05) is 43.3 Å². The molecule has 1 atom stereocenters. The molecule has 1 amide bonds. The second-order valence-corrected chi connectivity index (χ2v) is 7.80. The van der Waals surface area contributed by atoms with Crippen molar-refractivity contribution in [3.05, 3.63) is 53.0 Å². The molecule has 0 fully saturated rings. The molecule has 1 unspecified atom stereocenters. The van der Waals surface area contributed by atoms with Gasteiger partial charge in [-0.15, -0.1) is 11.3 Å². The number of rotatable bonds is 7. The van der Waals surface area contributed by atoms with E-state index in [4.69, 9.17) is 9.47 Å². The number of unbranched alkanes of at least 4 members (excludes halogenated alkanes) is 1. The number of thiazole rings is 1. The fraction of sp³-hybridized carbons (Fsp3) is 0.333. The van der Waals surface area contributed by atoms with Crippen molar-refractivity contribution < 1.29 is 14.3 Å². The number of aromatic nitrogens is 1. The van der Waals surface area contributed by atoms with Gasteiger partial charge in [-0.1, -0.05) is 18.2 Å². The minimum Gasteiger partial charge on any atom is -0.454 e. The summed E-state index contributed by atoms with van der Waals surface area (Å²) in [6.07, 6.45) is 3.27. The summed E-state index contributed by atoms with van der Waals surface area (Å²) in [6, 6.07) is 13.9. The number of hydrogen-bond acceptors (Lipinski definition) is 5. The van der Waals surface area contributed by atoms with Gasteiger partial charge in [0, 0.05) is 6.42 Å². The molecular formula is C21H22N2O3S. The number of hydrogen-bond donors (Lipinski definition) is 1. The topological polar surface area (TPSA) is 60.5 Å². The first-order valence-corrected chi connectivity index (χ1v) is 10.0. The summed E-state index contributed by atoms with van der Waals surface area (Å²) in [5, 5.41) is 4.20. The molecule has 0 saturated heterocycles. The number of benzene rings is 2. The number of carbonyl (C=O) groups is 1. The summed E-state index contributed by atoms with van der Waals surface area (Å²) < 4.78 is 11.9. The summed E-state index contributed by atoms with van der Waals surface area (Å²) in [5.41, 5.74) is 2.08. The summed E-state index contributed by atoms with van der Waals surface area (Å²) >= 11 is 1.74. The van der Waals surface area contributed by atoms with Crippen LogP contribution in [0.1, 0.15) is 42.8 Å². The molecule has 4 rings (SSSR count). The fourth-order valence-electron chi connectivity index (χ4n) is 3.17. The van der Waals surface area contributed by atoms with Crippen molar-refractivity contribution in [3.63, 3.8) is 0 Å². The van der Waals surface area contributed by atoms with Crippen LogP contribution in [0.25, 0.3) is 10.2 Å². The molecule has 1 N–H and O–H groups in total. The highest BCUT2D eigenvalue weighted by atomic mass is 32.1. The number of aryl methyl sites for hydroxylation is 1. The molecule has 0 saturated carbocycles. The number of para-hydroxylation sites is 1. The van der Waals surface area contributed by atoms with Crippen molar-refractivity contribution in [2.75, 3.05) is 6.79 Å². The lowest BCUT2D eigenvalue weighted by Gasteiger charge is -2.14. The highest BCUT2D eigenvalue weighted by molar-refractivity contribution is 7.18. The van der Waals surface area contributed by atoms with Crippen LogP contribution in [0.3, 0.4) is 0 Å². The van der Waals surface area contributed by atoms with Gasteiger partial charge in [0.1, 0.15) is 0 Å². The number of fused-ring (bicyclic) bond motifs is 2. The van der Waals surface area contributed by atoms with Crippen molar-refractivity contribution in [3.8, 4) is 11.5 Å². The minimum absolute atomic E-state index is 0.0590. The second-order valence-electron chi connectivity index (χ2n) is 6.68. The van der Waals surface area contributed by atoms with Crippen LogP contribution in [-0.2, 0) is 11.2 Å². The lowest BCUT2D eigenvalue weighted by molar-refractivity contribution is -0.121. The molecule has 2 heterocycles. The maximum absolute atomic E-state index is 12.2. The first-order chi connectivity index (χ1) is 13.2. The predicted molar refractivity (Wildman–Crippen MR) is 106 cm³/mol. The second kappa shape index (κ2) is 7.96. The van der Waals surface area contributed by atoms with Crippen LogP contribution in [0.15, 0.2) is 42.5 Å². The van der Waals surface area contributed by atoms with Gasteiger partial charge in [0.2, 0.25) is 12.7 Å². The van der Waals surface area contributed by atoms with Crippen molar-refractivity contribution >= 4 is 27.5 Å². The lowest BCUT2D eigenvalue weighted by atomic mass is 10.1. The normalized spacial score (nSPS) is 13.7. The van der Waals surface area contributed by atoms with E-state index in [-0.39, 0.29) is 18.7 Å². The summed E-state index contributed by atoms with van der Waals surface area (Å²) in [4.78, 5) is 16.9. The number of amides is 1. The molecule has 1 aromatic heterocycles. The van der Waals surface area contributed by atoms with E-state index in [9.17, 15) is 4.79 Å². The monoisotopic (exact) mass is 382 g/mol. The molecule has 27 heavy (non-hydrogen) atoms. The summed E-state index contributed by atoms with van der Waals surface area (Å²) in [6.45, 7) is 2.24. The maximum atomic E-state index is 12.2. The molecule has 2 aromatic carbocycles. The van der Waals surface area contributed by atoms with Gasteiger partial charge < -0.3 is 14.8 Å². The quantitative estimate of drug-likeness (QED) is 0.606. The first-order valence-electron chi connectivity index (χ1n) is 9.22. The molecule has 0 bridgehead atoms. The molecule has 0 radical (unpaired) electrons. The Morgan fingerprint density at radius 2 is 2.04 bits per heavy atom. The standard InChI is InChI=1S/C21H22N2O3S/c1-14(15-10-11-17-18(12-15)26-13-25-17)22-20(24)8-4-5-9-21-23-16-6-2-3-7-19(16)27-21/h2-3,6-7,10-12,14H,4-5,8-9,13H2,1H3,(H,22,24). The third-order valence-corrected chi connectivity index (χ3v) is 5.75. The predicted octanol–water partition coefficient (Wildman–Crippen LogP) is 4.62. The molecule has 1 aliphatic rings. The van der Waals surface area contributed by atoms with Crippen LogP contribution in [0, 0.1) is 0 Å². The summed E-state index contributed by atoms with van der Waals surface area (Å²) in [7, 11) is 0. The van der Waals surface area contributed by atoms with E-state index in [1.54, 1.807) is 11.3 Å². The average Bonchev–Trinajstić information content (AvgIpc) is 3.30. The van der Waals surface area contributed by atoms with Gasteiger partial charge in [0.05, 0.1) is 21.3 Å². The van der Waals surface area contributed by atoms with Crippen molar-refractivity contribution in [2.24, 2.45) is 0 Å². The summed E-state index contributed by atoms with van der Waals surface area (Å²) in [5.74, 6) is 1.57. The Balaban J connectivity index is 1.22. The van der Waals surface area contributed by atoms with E-state index in [2.05, 4.69) is 16.4 Å². The van der Waals surface area contributed by atoms with Crippen molar-refractivity contribution in [2.45, 2.75) is 38.6 Å². The van der Waals surface area contributed by atoms with Crippen LogP contribution in [-0.4, -0.2) is 17.7 Å². The maximum Gasteiger partial charge on any atom is 0.231 e. The van der Waals surface area contributed by atoms with Gasteiger partial charge >= 0.3 is 0 Å². The fourth-order valence-corrected chi connectivity index (χ4v) is 4.18. The number of ether oxygens (including phenoxy) is 2. The first kappa shape index (κ1) is 17.8. The smallest absolute Gasteiger partial charge is 0.231 e. The highest BCUT2D eigenvalue weighted by Gasteiger charge is 2.16. The van der Waals surface area contributed by atoms with Crippen LogP contribution in [0.4, 0.5) is 0 Å². The number of nitrogens with one attached hydrogen (secondary N) is 1. The molecule has 0 aliphatic carbocycles. The van der Waals surface area contributed by atoms with E-state index in [1.165, 1.54) is 4.70 Å². The van der Waals surface area contributed by atoms with E-state index >= 15 is 0 Å². The SMILES string of the molecule is CC(NC(=O)CCCCc1nc2ccccc2s1)c1ccc2c(c1)OCO2. The Labute approximate surface area is 162 Å². The molecule has 140 valence electrons. The van der Waals surface area contributed by atoms with Crippen molar-refractivity contribution in [1.29, 1.82) is 0 Å². The Morgan fingerprint density at radius 1 is 1.19 bits per heavy atom. The molecule has 0 spiro atoms. The van der Waals surface area contributed by atoms with Gasteiger partial charge in [-0.05, 0) is 56.0 Å². The third kappa shape index (κ3) is 4.22. The number of carbonyl (C=O) groups excluding carboxylic acids is 1. The van der Waals surface area contributed by atoms with Crippen LogP contribution in [0.2, 0.25) is 0 Å². The Hall–Kier alpha value is -2.60. The van der Waals surface area contributed by atoms with Gasteiger partial charge in [0.25, 0.3) is 0 Å². The van der Waals surface area contributed by atoms with Gasteiger partial charge in [-0.2, -0.15) is 0 Å². The number of nitrogens with zero attached hydrogens (tertiary/aromatic N) is 1. The highest BCUT2D eigenvalue weighted by Crippen LogP contribution is 2.34. The molecule has 1 aliphatic heterocycles. The van der Waals surface area contributed by atoms with Crippen LogP contribution in [0.5, 0.6) is 11.5 Å². The average molecular weight is 382 g/mol. The van der Waals surface area contributed by atoms with Crippen LogP contribution >= 0.6 is 11.3 Å². The van der Waals surface area contributed by atoms with E-state index in [0.717, 1.165) is 46.8 Å². The largest absolute Gasteiger partial charge is 0.454 e. The zero-order valence-electron chi connectivity index (χ0n) is 15.2. The van der Waals surface area contributed by atoms with E-state index < -0.39 is 0 Å². The third-order valence-electron chi connectivity index (χ3n) is 4.66. The molecule has 6 heteroatoms. The van der Waals surface area contributed by atoms with Crippen LogP contribution < -0.4 is 14.8 Å². The zero-order chi connectivity index (χ0) is 18.6. The Bertz CT molecular complexity index is 921. The van der Waals surface area contributed by atoms with Gasteiger partial charge in [0.15, 0.2) is 11.5 Å². The minimum atomic E-state index is -0.0590. The van der Waals surface area contributed by atoms with Gasteiger partial charge in [-0.25, -0.2) is 4.98 Å². The molecule has 5 nitrogen and oxygen atoms in total. The molecule has 3 aromatic rings. The Kier molecular flexibility index (Phi) is 5.25. The Morgan fingerprint density at radius 3 is 2.93 bits per heavy atom. The van der Waals surface area contributed by atoms with E-state index in [0.29, 0.717) is 6.42 Å². The van der Waals surface area contributed by atoms with Crippen molar-refractivity contribution in [1.82, 2.24) is 10.3 Å².